The molecule has 1 aromatic heterocycles. The molecule has 14 heavy (non-hydrogen) atoms. The van der Waals surface area contributed by atoms with E-state index in [1.807, 2.05) is 18.7 Å². The molecule has 0 aromatic carbocycles. The lowest BCUT2D eigenvalue weighted by Crippen LogP contribution is -2.31. The highest BCUT2D eigenvalue weighted by Crippen LogP contribution is 2.00. The van der Waals surface area contributed by atoms with Crippen LogP contribution in [0.4, 0.5) is 0 Å². The minimum atomic E-state index is -0.424. The van der Waals surface area contributed by atoms with E-state index in [-0.39, 0.29) is 0 Å². The zero-order chi connectivity index (χ0) is 10.4. The van der Waals surface area contributed by atoms with E-state index < -0.39 is 6.23 Å². The molecule has 0 radical (unpaired) electrons. The number of nitrogens with zero attached hydrogens (tertiary/aromatic N) is 2. The Labute approximate surface area is 86.0 Å². The van der Waals surface area contributed by atoms with Gasteiger partial charge in [0.2, 0.25) is 6.33 Å². The number of aliphatic hydroxyl groups is 1. The molecule has 0 aliphatic rings. The molecule has 1 rings (SSSR count). The van der Waals surface area contributed by atoms with E-state index in [1.165, 1.54) is 25.7 Å². The van der Waals surface area contributed by atoms with Crippen molar-refractivity contribution in [3.05, 3.63) is 18.7 Å². The summed E-state index contributed by atoms with van der Waals surface area (Å²) in [6, 6.07) is 0. The van der Waals surface area contributed by atoms with Gasteiger partial charge in [0.15, 0.2) is 6.23 Å². The van der Waals surface area contributed by atoms with Crippen molar-refractivity contribution in [2.24, 2.45) is 0 Å². The molecule has 1 aromatic rings. The summed E-state index contributed by atoms with van der Waals surface area (Å²) in [5.41, 5.74) is 0. The third-order valence-electron chi connectivity index (χ3n) is 2.41. The largest absolute Gasteiger partial charge is 0.355 e. The Bertz CT molecular complexity index is 256. The zero-order valence-electron chi connectivity index (χ0n) is 9.19. The molecule has 1 unspecified atom stereocenters. The van der Waals surface area contributed by atoms with Crippen LogP contribution in [0, 0.1) is 0 Å². The van der Waals surface area contributed by atoms with Crippen molar-refractivity contribution < 1.29 is 9.67 Å². The molecule has 0 saturated carbocycles. The van der Waals surface area contributed by atoms with Crippen LogP contribution in [0.3, 0.4) is 0 Å². The zero-order valence-corrected chi connectivity index (χ0v) is 9.19. The van der Waals surface area contributed by atoms with Crippen molar-refractivity contribution in [3.8, 4) is 0 Å². The molecule has 0 bridgehead atoms. The Morgan fingerprint density at radius 3 is 2.71 bits per heavy atom. The molecule has 0 aliphatic heterocycles. The Morgan fingerprint density at radius 2 is 2.14 bits per heavy atom. The van der Waals surface area contributed by atoms with Gasteiger partial charge in [-0.2, -0.15) is 0 Å². The molecular weight excluding hydrogens is 176 g/mol. The van der Waals surface area contributed by atoms with Crippen LogP contribution in [0.15, 0.2) is 18.7 Å². The molecule has 0 fully saturated rings. The number of aryl methyl sites for hydroxylation is 1. The van der Waals surface area contributed by atoms with Gasteiger partial charge in [-0.05, 0) is 12.8 Å². The number of imidazole rings is 1. The summed E-state index contributed by atoms with van der Waals surface area (Å²) < 4.78 is 3.93. The third-order valence-corrected chi connectivity index (χ3v) is 2.41. The van der Waals surface area contributed by atoms with Crippen molar-refractivity contribution in [3.63, 3.8) is 0 Å². The first kappa shape index (κ1) is 11.2. The van der Waals surface area contributed by atoms with Crippen LogP contribution >= 0.6 is 0 Å². The second-order valence-electron chi connectivity index (χ2n) is 3.79. The molecular formula is C11H21N2O+. The van der Waals surface area contributed by atoms with Crippen LogP contribution in [-0.4, -0.2) is 9.67 Å². The lowest BCUT2D eigenvalue weighted by molar-refractivity contribution is -0.697. The average Bonchev–Trinajstić information content (AvgIpc) is 2.61. The Morgan fingerprint density at radius 1 is 1.36 bits per heavy atom. The van der Waals surface area contributed by atoms with E-state index in [9.17, 15) is 5.11 Å². The van der Waals surface area contributed by atoms with Gasteiger partial charge in [-0.15, -0.1) is 0 Å². The molecule has 0 saturated heterocycles. The van der Waals surface area contributed by atoms with Crippen LogP contribution in [0.25, 0.3) is 0 Å². The molecule has 3 heteroatoms. The Hall–Kier alpha value is -0.830. The monoisotopic (exact) mass is 197 g/mol. The maximum Gasteiger partial charge on any atom is 0.245 e. The van der Waals surface area contributed by atoms with Crippen LogP contribution < -0.4 is 4.57 Å². The van der Waals surface area contributed by atoms with Gasteiger partial charge in [0.05, 0.1) is 6.54 Å². The van der Waals surface area contributed by atoms with Crippen molar-refractivity contribution in [1.82, 2.24) is 4.57 Å². The fraction of sp³-hybridized carbons (Fsp3) is 0.727. The van der Waals surface area contributed by atoms with Gasteiger partial charge in [0.25, 0.3) is 0 Å². The molecule has 0 aliphatic carbocycles. The van der Waals surface area contributed by atoms with E-state index in [4.69, 9.17) is 0 Å². The van der Waals surface area contributed by atoms with Gasteiger partial charge in [-0.25, -0.2) is 9.13 Å². The highest BCUT2D eigenvalue weighted by atomic mass is 16.3. The summed E-state index contributed by atoms with van der Waals surface area (Å²) in [5.74, 6) is 0. The maximum atomic E-state index is 9.30. The highest BCUT2D eigenvalue weighted by molar-refractivity contribution is 4.67. The molecule has 0 amide bonds. The first-order chi connectivity index (χ1) is 6.74. The van der Waals surface area contributed by atoms with Gasteiger partial charge < -0.3 is 5.11 Å². The smallest absolute Gasteiger partial charge is 0.245 e. The number of rotatable bonds is 6. The van der Waals surface area contributed by atoms with E-state index in [1.54, 1.807) is 11.5 Å². The number of hydrogen-bond donors (Lipinski definition) is 1. The lowest BCUT2D eigenvalue weighted by atomic mass is 10.2. The lowest BCUT2D eigenvalue weighted by Gasteiger charge is -1.98. The molecule has 1 atom stereocenters. The van der Waals surface area contributed by atoms with Crippen LogP contribution in [-0.2, 0) is 6.54 Å². The fourth-order valence-electron chi connectivity index (χ4n) is 1.49. The SMILES string of the molecule is CCCCCC[n+]1ccn(C(C)O)c1. The van der Waals surface area contributed by atoms with Crippen LogP contribution in [0.1, 0.15) is 45.8 Å². The number of aromatic nitrogens is 2. The number of aliphatic hydroxyl groups excluding tert-OH is 1. The summed E-state index contributed by atoms with van der Waals surface area (Å²) >= 11 is 0. The molecule has 1 N–H and O–H groups in total. The minimum Gasteiger partial charge on any atom is -0.355 e. The van der Waals surface area contributed by atoms with E-state index in [0.29, 0.717) is 0 Å². The van der Waals surface area contributed by atoms with Gasteiger partial charge in [0.1, 0.15) is 12.4 Å². The van der Waals surface area contributed by atoms with Gasteiger partial charge >= 0.3 is 0 Å². The molecule has 80 valence electrons. The van der Waals surface area contributed by atoms with E-state index in [0.717, 1.165) is 6.54 Å². The Balaban J connectivity index is 2.29. The van der Waals surface area contributed by atoms with Gasteiger partial charge in [-0.1, -0.05) is 19.8 Å². The normalized spacial score (nSPS) is 13.1. The maximum absolute atomic E-state index is 9.30. The van der Waals surface area contributed by atoms with E-state index in [2.05, 4.69) is 11.5 Å². The molecule has 0 spiro atoms. The summed E-state index contributed by atoms with van der Waals surface area (Å²) in [6.07, 6.45) is 10.6. The summed E-state index contributed by atoms with van der Waals surface area (Å²) in [7, 11) is 0. The third kappa shape index (κ3) is 3.50. The highest BCUT2D eigenvalue weighted by Gasteiger charge is 2.06. The Kier molecular flexibility index (Phi) is 4.66. The quantitative estimate of drug-likeness (QED) is 0.547. The van der Waals surface area contributed by atoms with Crippen molar-refractivity contribution in [2.45, 2.75) is 52.3 Å². The number of hydrogen-bond acceptors (Lipinski definition) is 1. The minimum absolute atomic E-state index is 0.424. The van der Waals surface area contributed by atoms with Crippen molar-refractivity contribution in [1.29, 1.82) is 0 Å². The average molecular weight is 197 g/mol. The first-order valence-electron chi connectivity index (χ1n) is 5.48. The predicted molar refractivity (Wildman–Crippen MR) is 55.7 cm³/mol. The second-order valence-corrected chi connectivity index (χ2v) is 3.79. The molecule has 3 nitrogen and oxygen atoms in total. The van der Waals surface area contributed by atoms with E-state index >= 15 is 0 Å². The van der Waals surface area contributed by atoms with Crippen LogP contribution in [0.2, 0.25) is 0 Å². The molecule has 1 heterocycles. The first-order valence-corrected chi connectivity index (χ1v) is 5.48. The topological polar surface area (TPSA) is 29.0 Å². The van der Waals surface area contributed by atoms with Crippen molar-refractivity contribution >= 4 is 0 Å². The standard InChI is InChI=1S/C11H21N2O/c1-3-4-5-6-7-12-8-9-13(10-12)11(2)14/h8-11,14H,3-7H2,1-2H3/q+1. The predicted octanol–water partition coefficient (Wildman–Crippen LogP) is 1.87. The van der Waals surface area contributed by atoms with Gasteiger partial charge in [0, 0.05) is 6.92 Å². The fourth-order valence-corrected chi connectivity index (χ4v) is 1.49. The summed E-state index contributed by atoms with van der Waals surface area (Å²) in [6.45, 7) is 5.04. The summed E-state index contributed by atoms with van der Waals surface area (Å²) in [4.78, 5) is 0. The second kappa shape index (κ2) is 5.81. The van der Waals surface area contributed by atoms with Crippen LogP contribution in [0.5, 0.6) is 0 Å². The van der Waals surface area contributed by atoms with Crippen molar-refractivity contribution in [2.75, 3.05) is 0 Å². The van der Waals surface area contributed by atoms with Gasteiger partial charge in [-0.3, -0.25) is 0 Å². The number of unbranched alkanes of at least 4 members (excludes halogenated alkanes) is 3. The summed E-state index contributed by atoms with van der Waals surface area (Å²) in [5, 5.41) is 9.30.